The highest BCUT2D eigenvalue weighted by Gasteiger charge is 2.19. The first kappa shape index (κ1) is 17.9. The molecule has 0 aliphatic rings. The molecular weight excluding hydrogens is 333 g/mol. The number of rotatable bonds is 7. The second kappa shape index (κ2) is 7.91. The van der Waals surface area contributed by atoms with E-state index in [2.05, 4.69) is 15.5 Å². The smallest absolute Gasteiger partial charge is 0.237 e. The molecule has 7 nitrogen and oxygen atoms in total. The number of thioether (sulfide) groups is 1. The van der Waals surface area contributed by atoms with E-state index in [0.29, 0.717) is 17.4 Å². The maximum atomic E-state index is 13.6. The van der Waals surface area contributed by atoms with E-state index < -0.39 is 17.0 Å². The third-order valence-electron chi connectivity index (χ3n) is 3.30. The van der Waals surface area contributed by atoms with Crippen LogP contribution >= 0.6 is 11.8 Å². The fraction of sp³-hybridized carbons (Fsp3) is 0.333. The monoisotopic (exact) mass is 351 g/mol. The Morgan fingerprint density at radius 1 is 1.38 bits per heavy atom. The number of aryl methyl sites for hydroxylation is 1. The predicted octanol–water partition coefficient (Wildman–Crippen LogP) is 1.49. The van der Waals surface area contributed by atoms with Crippen molar-refractivity contribution in [2.45, 2.75) is 30.2 Å². The molecule has 0 fully saturated rings. The lowest BCUT2D eigenvalue weighted by Gasteiger charge is -2.12. The molecule has 2 amide bonds. The Morgan fingerprint density at radius 3 is 2.75 bits per heavy atom. The van der Waals surface area contributed by atoms with Gasteiger partial charge in [0.15, 0.2) is 5.16 Å². The molecule has 0 saturated carbocycles. The highest BCUT2D eigenvalue weighted by molar-refractivity contribution is 8.00. The molecule has 0 unspecified atom stereocenters. The van der Waals surface area contributed by atoms with E-state index in [0.717, 1.165) is 0 Å². The zero-order valence-corrected chi connectivity index (χ0v) is 14.1. The fourth-order valence-electron chi connectivity index (χ4n) is 1.91. The molecule has 24 heavy (non-hydrogen) atoms. The number of nitrogens with zero attached hydrogens (tertiary/aromatic N) is 3. The molecule has 0 aliphatic heterocycles. The van der Waals surface area contributed by atoms with Crippen molar-refractivity contribution in [3.8, 4) is 0 Å². The van der Waals surface area contributed by atoms with Crippen molar-refractivity contribution in [3.63, 3.8) is 0 Å². The molecule has 0 saturated heterocycles. The van der Waals surface area contributed by atoms with Gasteiger partial charge in [-0.05, 0) is 19.1 Å². The van der Waals surface area contributed by atoms with Crippen LogP contribution in [0.25, 0.3) is 0 Å². The number of aromatic nitrogens is 3. The predicted molar refractivity (Wildman–Crippen MR) is 88.9 cm³/mol. The number of nitrogens with one attached hydrogen (secondary N) is 1. The standard InChI is InChI=1S/C15H18FN5O2S/c1-9(14(23)18-11-6-4-3-5-10(11)16)24-15-20-19-13(21(15)2)8-7-12(17)22/h3-6,9H,7-8H2,1-2H3,(H2,17,22)(H,18,23)/t9-/m0/s1. The summed E-state index contributed by atoms with van der Waals surface area (Å²) in [7, 11) is 1.75. The van der Waals surface area contributed by atoms with Gasteiger partial charge >= 0.3 is 0 Å². The first-order valence-corrected chi connectivity index (χ1v) is 8.15. The number of hydrogen-bond donors (Lipinski definition) is 2. The minimum Gasteiger partial charge on any atom is -0.370 e. The first-order valence-electron chi connectivity index (χ1n) is 7.27. The summed E-state index contributed by atoms with van der Waals surface area (Å²) >= 11 is 1.20. The van der Waals surface area contributed by atoms with Crippen molar-refractivity contribution in [3.05, 3.63) is 35.9 Å². The normalized spacial score (nSPS) is 12.0. The van der Waals surface area contributed by atoms with Crippen molar-refractivity contribution in [2.75, 3.05) is 5.32 Å². The highest BCUT2D eigenvalue weighted by atomic mass is 32.2. The van der Waals surface area contributed by atoms with Crippen LogP contribution in [-0.2, 0) is 23.1 Å². The van der Waals surface area contributed by atoms with Crippen molar-refractivity contribution in [1.82, 2.24) is 14.8 Å². The van der Waals surface area contributed by atoms with E-state index in [9.17, 15) is 14.0 Å². The van der Waals surface area contributed by atoms with E-state index >= 15 is 0 Å². The topological polar surface area (TPSA) is 103 Å². The number of hydrogen-bond acceptors (Lipinski definition) is 5. The zero-order chi connectivity index (χ0) is 17.7. The van der Waals surface area contributed by atoms with Crippen LogP contribution in [0.15, 0.2) is 29.4 Å². The van der Waals surface area contributed by atoms with Gasteiger partial charge in [0, 0.05) is 19.9 Å². The van der Waals surface area contributed by atoms with Crippen LogP contribution in [0.5, 0.6) is 0 Å². The SMILES string of the molecule is C[C@H](Sc1nnc(CCC(N)=O)n1C)C(=O)Nc1ccccc1F. The molecule has 0 radical (unpaired) electrons. The molecule has 2 rings (SSSR count). The lowest BCUT2D eigenvalue weighted by Crippen LogP contribution is -2.23. The summed E-state index contributed by atoms with van der Waals surface area (Å²) in [4.78, 5) is 23.0. The second-order valence-electron chi connectivity index (χ2n) is 5.15. The summed E-state index contributed by atoms with van der Waals surface area (Å²) < 4.78 is 15.3. The Hall–Kier alpha value is -2.42. The van der Waals surface area contributed by atoms with Crippen molar-refractivity contribution in [2.24, 2.45) is 12.8 Å². The number of benzene rings is 1. The molecule has 1 aromatic heterocycles. The summed E-state index contributed by atoms with van der Waals surface area (Å²) in [6.07, 6.45) is 0.565. The van der Waals surface area contributed by atoms with Gasteiger partial charge in [-0.2, -0.15) is 0 Å². The number of carbonyl (C=O) groups excluding carboxylic acids is 2. The molecular formula is C15H18FN5O2S. The fourth-order valence-corrected chi connectivity index (χ4v) is 2.74. The Balaban J connectivity index is 1.99. The van der Waals surface area contributed by atoms with Crippen LogP contribution in [0.4, 0.5) is 10.1 Å². The van der Waals surface area contributed by atoms with Crippen molar-refractivity contribution < 1.29 is 14.0 Å². The van der Waals surface area contributed by atoms with Gasteiger partial charge < -0.3 is 15.6 Å². The van der Waals surface area contributed by atoms with Crippen LogP contribution in [0, 0.1) is 5.82 Å². The quantitative estimate of drug-likeness (QED) is 0.736. The Kier molecular flexibility index (Phi) is 5.91. The number of amides is 2. The third-order valence-corrected chi connectivity index (χ3v) is 4.44. The molecule has 2 aromatic rings. The van der Waals surface area contributed by atoms with Crippen molar-refractivity contribution >= 4 is 29.3 Å². The van der Waals surface area contributed by atoms with Gasteiger partial charge in [0.2, 0.25) is 11.8 Å². The summed E-state index contributed by atoms with van der Waals surface area (Å²) in [5.41, 5.74) is 5.25. The highest BCUT2D eigenvalue weighted by Crippen LogP contribution is 2.23. The largest absolute Gasteiger partial charge is 0.370 e. The first-order chi connectivity index (χ1) is 11.4. The van der Waals surface area contributed by atoms with Crippen LogP contribution < -0.4 is 11.1 Å². The molecule has 0 spiro atoms. The zero-order valence-electron chi connectivity index (χ0n) is 13.3. The maximum absolute atomic E-state index is 13.6. The lowest BCUT2D eigenvalue weighted by molar-refractivity contribution is -0.118. The van der Waals surface area contributed by atoms with Gasteiger partial charge in [-0.3, -0.25) is 9.59 Å². The molecule has 9 heteroatoms. The summed E-state index contributed by atoms with van der Waals surface area (Å²) in [6, 6.07) is 5.97. The summed E-state index contributed by atoms with van der Waals surface area (Å²) in [5, 5.41) is 10.6. The van der Waals surface area contributed by atoms with Crippen LogP contribution in [-0.4, -0.2) is 31.8 Å². The van der Waals surface area contributed by atoms with Gasteiger partial charge in [-0.15, -0.1) is 10.2 Å². The number of nitrogens with two attached hydrogens (primary N) is 1. The second-order valence-corrected chi connectivity index (χ2v) is 6.46. The third kappa shape index (κ3) is 4.54. The van der Waals surface area contributed by atoms with Crippen molar-refractivity contribution in [1.29, 1.82) is 0 Å². The van der Waals surface area contributed by atoms with Gasteiger partial charge in [-0.1, -0.05) is 23.9 Å². The van der Waals surface area contributed by atoms with Gasteiger partial charge in [0.25, 0.3) is 0 Å². The molecule has 1 atom stereocenters. The van der Waals surface area contributed by atoms with E-state index in [4.69, 9.17) is 5.73 Å². The van der Waals surface area contributed by atoms with Gasteiger partial charge in [0.1, 0.15) is 11.6 Å². The van der Waals surface area contributed by atoms with E-state index in [1.54, 1.807) is 30.7 Å². The van der Waals surface area contributed by atoms with Gasteiger partial charge in [0.05, 0.1) is 10.9 Å². The van der Waals surface area contributed by atoms with Crippen LogP contribution in [0.1, 0.15) is 19.2 Å². The minimum absolute atomic E-state index is 0.134. The Labute approximate surface area is 142 Å². The minimum atomic E-state index is -0.503. The molecule has 0 aliphatic carbocycles. The number of para-hydroxylation sites is 1. The lowest BCUT2D eigenvalue weighted by atomic mass is 10.3. The maximum Gasteiger partial charge on any atom is 0.237 e. The molecule has 0 bridgehead atoms. The summed E-state index contributed by atoms with van der Waals surface area (Å²) in [6.45, 7) is 1.69. The number of halogens is 1. The number of anilines is 1. The van der Waals surface area contributed by atoms with Crippen LogP contribution in [0.2, 0.25) is 0 Å². The Morgan fingerprint density at radius 2 is 2.08 bits per heavy atom. The number of carbonyl (C=O) groups is 2. The van der Waals surface area contributed by atoms with E-state index in [1.165, 1.54) is 23.9 Å². The van der Waals surface area contributed by atoms with E-state index in [-0.39, 0.29) is 18.0 Å². The molecule has 3 N–H and O–H groups in total. The number of primary amides is 1. The average Bonchev–Trinajstić information content (AvgIpc) is 2.88. The van der Waals surface area contributed by atoms with Gasteiger partial charge in [-0.25, -0.2) is 4.39 Å². The molecule has 128 valence electrons. The average molecular weight is 351 g/mol. The molecule has 1 aromatic carbocycles. The van der Waals surface area contributed by atoms with Crippen LogP contribution in [0.3, 0.4) is 0 Å². The van der Waals surface area contributed by atoms with E-state index in [1.807, 2.05) is 0 Å². The summed E-state index contributed by atoms with van der Waals surface area (Å²) in [5.74, 6) is -0.634. The Bertz CT molecular complexity index is 749. The molecule has 1 heterocycles.